The quantitative estimate of drug-likeness (QED) is 0.593. The van der Waals surface area contributed by atoms with Gasteiger partial charge in [-0.2, -0.15) is 13.2 Å². The number of nitrogens with zero attached hydrogens (tertiary/aromatic N) is 1. The molecule has 0 saturated carbocycles. The van der Waals surface area contributed by atoms with E-state index in [0.717, 1.165) is 22.4 Å². The summed E-state index contributed by atoms with van der Waals surface area (Å²) in [5.41, 5.74) is 0.239. The van der Waals surface area contributed by atoms with Crippen LogP contribution in [0.1, 0.15) is 35.6 Å². The Morgan fingerprint density at radius 3 is 2.40 bits per heavy atom. The van der Waals surface area contributed by atoms with Gasteiger partial charge in [0, 0.05) is 6.54 Å². The van der Waals surface area contributed by atoms with Crippen molar-refractivity contribution in [1.82, 2.24) is 4.90 Å². The second kappa shape index (κ2) is 8.11. The summed E-state index contributed by atoms with van der Waals surface area (Å²) in [5.74, 6) is -1.49. The Bertz CT molecular complexity index is 1060. The zero-order valence-electron chi connectivity index (χ0n) is 16.3. The van der Waals surface area contributed by atoms with Crippen molar-refractivity contribution in [1.29, 1.82) is 0 Å². The maximum atomic E-state index is 13.9. The number of hydrogen-bond donors (Lipinski definition) is 1. The SMILES string of the molecule is O=C(O)C1CCCN(C(c2ccccc2C(F)(F)F)c2cccc3ccccc23)C1. The topological polar surface area (TPSA) is 40.5 Å². The van der Waals surface area contributed by atoms with E-state index in [1.165, 1.54) is 12.1 Å². The molecule has 3 nitrogen and oxygen atoms in total. The molecule has 2 atom stereocenters. The second-order valence-electron chi connectivity index (χ2n) is 7.73. The molecule has 1 aliphatic heterocycles. The summed E-state index contributed by atoms with van der Waals surface area (Å²) < 4.78 is 41.7. The molecule has 1 aliphatic rings. The third kappa shape index (κ3) is 3.92. The number of rotatable bonds is 4. The maximum Gasteiger partial charge on any atom is 0.416 e. The fourth-order valence-electron chi connectivity index (χ4n) is 4.49. The first kappa shape index (κ1) is 20.4. The van der Waals surface area contributed by atoms with Crippen LogP contribution in [-0.2, 0) is 11.0 Å². The predicted molar refractivity (Wildman–Crippen MR) is 109 cm³/mol. The van der Waals surface area contributed by atoms with Gasteiger partial charge in [-0.1, -0.05) is 60.7 Å². The van der Waals surface area contributed by atoms with E-state index in [2.05, 4.69) is 0 Å². The van der Waals surface area contributed by atoms with Crippen LogP contribution in [0.3, 0.4) is 0 Å². The minimum atomic E-state index is -4.50. The van der Waals surface area contributed by atoms with Gasteiger partial charge >= 0.3 is 12.1 Å². The van der Waals surface area contributed by atoms with Crippen LogP contribution in [0.2, 0.25) is 0 Å². The van der Waals surface area contributed by atoms with Crippen molar-refractivity contribution in [3.05, 3.63) is 83.4 Å². The van der Waals surface area contributed by atoms with Gasteiger partial charge in [0.1, 0.15) is 0 Å². The summed E-state index contributed by atoms with van der Waals surface area (Å²) in [4.78, 5) is 13.5. The highest BCUT2D eigenvalue weighted by molar-refractivity contribution is 5.86. The van der Waals surface area contributed by atoms with Crippen LogP contribution in [0, 0.1) is 5.92 Å². The first-order valence-electron chi connectivity index (χ1n) is 9.97. The molecule has 3 aromatic carbocycles. The number of hydrogen-bond acceptors (Lipinski definition) is 2. The van der Waals surface area contributed by atoms with E-state index in [0.29, 0.717) is 19.4 Å². The third-order valence-corrected chi connectivity index (χ3v) is 5.85. The Balaban J connectivity index is 1.92. The van der Waals surface area contributed by atoms with E-state index in [4.69, 9.17) is 0 Å². The number of carboxylic acids is 1. The van der Waals surface area contributed by atoms with Crippen molar-refractivity contribution >= 4 is 16.7 Å². The molecule has 1 saturated heterocycles. The molecule has 30 heavy (non-hydrogen) atoms. The number of carbonyl (C=O) groups is 1. The average molecular weight is 413 g/mol. The molecule has 0 bridgehead atoms. The van der Waals surface area contributed by atoms with Gasteiger partial charge in [-0.25, -0.2) is 0 Å². The standard InChI is InChI=1S/C24H22F3NO2/c25-24(26,27)21-13-4-3-11-20(21)22(28-14-6-9-17(15-28)23(29)30)19-12-5-8-16-7-1-2-10-18(16)19/h1-5,7-8,10-13,17,22H,6,9,14-15H2,(H,29,30). The highest BCUT2D eigenvalue weighted by Gasteiger charge is 2.39. The van der Waals surface area contributed by atoms with Gasteiger partial charge in [0.05, 0.1) is 17.5 Å². The van der Waals surface area contributed by atoms with E-state index in [1.54, 1.807) is 6.07 Å². The smallest absolute Gasteiger partial charge is 0.416 e. The maximum absolute atomic E-state index is 13.9. The third-order valence-electron chi connectivity index (χ3n) is 5.85. The van der Waals surface area contributed by atoms with Crippen molar-refractivity contribution in [2.45, 2.75) is 25.1 Å². The minimum absolute atomic E-state index is 0.160. The zero-order valence-corrected chi connectivity index (χ0v) is 16.3. The molecule has 156 valence electrons. The zero-order chi connectivity index (χ0) is 21.3. The van der Waals surface area contributed by atoms with Crippen LogP contribution < -0.4 is 0 Å². The molecule has 0 amide bonds. The van der Waals surface area contributed by atoms with Gasteiger partial charge in [0.2, 0.25) is 0 Å². The van der Waals surface area contributed by atoms with E-state index < -0.39 is 29.7 Å². The summed E-state index contributed by atoms with van der Waals surface area (Å²) >= 11 is 0. The van der Waals surface area contributed by atoms with Crippen molar-refractivity contribution in [2.75, 3.05) is 13.1 Å². The fourth-order valence-corrected chi connectivity index (χ4v) is 4.49. The summed E-state index contributed by atoms with van der Waals surface area (Å²) in [6.07, 6.45) is -3.33. The van der Waals surface area contributed by atoms with E-state index in [1.807, 2.05) is 47.4 Å². The van der Waals surface area contributed by atoms with Gasteiger partial charge in [0.25, 0.3) is 0 Å². The molecule has 2 unspecified atom stereocenters. The molecule has 3 aromatic rings. The largest absolute Gasteiger partial charge is 0.481 e. The van der Waals surface area contributed by atoms with Gasteiger partial charge < -0.3 is 5.11 Å². The first-order chi connectivity index (χ1) is 14.4. The molecule has 0 aliphatic carbocycles. The van der Waals surface area contributed by atoms with Crippen LogP contribution in [0.25, 0.3) is 10.8 Å². The average Bonchev–Trinajstić information content (AvgIpc) is 2.74. The molecule has 4 rings (SSSR count). The van der Waals surface area contributed by atoms with Crippen LogP contribution >= 0.6 is 0 Å². The number of halogens is 3. The lowest BCUT2D eigenvalue weighted by atomic mass is 9.87. The molecule has 1 fully saturated rings. The monoisotopic (exact) mass is 413 g/mol. The lowest BCUT2D eigenvalue weighted by Gasteiger charge is -2.39. The van der Waals surface area contributed by atoms with Crippen molar-refractivity contribution in [3.8, 4) is 0 Å². The van der Waals surface area contributed by atoms with Crippen LogP contribution in [0.15, 0.2) is 66.7 Å². The Kier molecular flexibility index (Phi) is 5.52. The van der Waals surface area contributed by atoms with Crippen molar-refractivity contribution in [3.63, 3.8) is 0 Å². The minimum Gasteiger partial charge on any atom is -0.481 e. The van der Waals surface area contributed by atoms with Crippen LogP contribution in [0.5, 0.6) is 0 Å². The van der Waals surface area contributed by atoms with Crippen LogP contribution in [-0.4, -0.2) is 29.1 Å². The number of aliphatic carboxylic acids is 1. The lowest BCUT2D eigenvalue weighted by molar-refractivity contribution is -0.144. The molecule has 0 aromatic heterocycles. The Labute approximate surface area is 172 Å². The van der Waals surface area contributed by atoms with E-state index in [9.17, 15) is 23.1 Å². The first-order valence-corrected chi connectivity index (χ1v) is 9.97. The van der Waals surface area contributed by atoms with Crippen LogP contribution in [0.4, 0.5) is 13.2 Å². The van der Waals surface area contributed by atoms with Crippen molar-refractivity contribution < 1.29 is 23.1 Å². The summed E-state index contributed by atoms with van der Waals surface area (Å²) in [5, 5.41) is 11.3. The highest BCUT2D eigenvalue weighted by atomic mass is 19.4. The van der Waals surface area contributed by atoms with Crippen molar-refractivity contribution in [2.24, 2.45) is 5.92 Å². The predicted octanol–water partition coefficient (Wildman–Crippen LogP) is 5.74. The number of likely N-dealkylation sites (tertiary alicyclic amines) is 1. The highest BCUT2D eigenvalue weighted by Crippen LogP contribution is 2.42. The van der Waals surface area contributed by atoms with E-state index >= 15 is 0 Å². The van der Waals surface area contributed by atoms with Gasteiger partial charge in [0.15, 0.2) is 0 Å². The fraction of sp³-hybridized carbons (Fsp3) is 0.292. The number of carboxylic acid groups (broad SMARTS) is 1. The van der Waals surface area contributed by atoms with Gasteiger partial charge in [-0.05, 0) is 47.4 Å². The molecule has 0 spiro atoms. The molecule has 0 radical (unpaired) electrons. The molecule has 6 heteroatoms. The summed E-state index contributed by atoms with van der Waals surface area (Å²) in [6.45, 7) is 0.763. The number of benzene rings is 3. The van der Waals surface area contributed by atoms with E-state index in [-0.39, 0.29) is 12.1 Å². The Morgan fingerprint density at radius 1 is 0.967 bits per heavy atom. The number of alkyl halides is 3. The molecular weight excluding hydrogens is 391 g/mol. The van der Waals surface area contributed by atoms with Gasteiger partial charge in [-0.3, -0.25) is 9.69 Å². The van der Waals surface area contributed by atoms with Gasteiger partial charge in [-0.15, -0.1) is 0 Å². The normalized spacial score (nSPS) is 19.0. The summed E-state index contributed by atoms with van der Waals surface area (Å²) in [6, 6.07) is 18.2. The number of piperidine rings is 1. The lowest BCUT2D eigenvalue weighted by Crippen LogP contribution is -2.41. The summed E-state index contributed by atoms with van der Waals surface area (Å²) in [7, 11) is 0. The molecular formula is C24H22F3NO2. The molecule has 1 heterocycles. The second-order valence-corrected chi connectivity index (χ2v) is 7.73. The molecule has 1 N–H and O–H groups in total. The Hall–Kier alpha value is -2.86. The number of fused-ring (bicyclic) bond motifs is 1. The Morgan fingerprint density at radius 2 is 1.63 bits per heavy atom.